The van der Waals surface area contributed by atoms with E-state index in [-0.39, 0.29) is 0 Å². The molecule has 0 amide bonds. The zero-order valence-electron chi connectivity index (χ0n) is 9.68. The lowest BCUT2D eigenvalue weighted by molar-refractivity contribution is 0.138. The highest BCUT2D eigenvalue weighted by Crippen LogP contribution is 2.42. The molecule has 0 radical (unpaired) electrons. The lowest BCUT2D eigenvalue weighted by Crippen LogP contribution is -2.46. The van der Waals surface area contributed by atoms with Crippen molar-refractivity contribution in [3.05, 3.63) is 0 Å². The van der Waals surface area contributed by atoms with Gasteiger partial charge in [0.2, 0.25) is 0 Å². The maximum atomic E-state index is 3.64. The number of rotatable bonds is 4. The molecule has 0 bridgehead atoms. The van der Waals surface area contributed by atoms with Crippen molar-refractivity contribution in [1.82, 2.24) is 10.2 Å². The molecule has 0 unspecified atom stereocenters. The Hall–Kier alpha value is -0.0800. The van der Waals surface area contributed by atoms with Gasteiger partial charge in [0, 0.05) is 24.7 Å². The molecule has 2 aliphatic rings. The molecule has 2 nitrogen and oxygen atoms in total. The van der Waals surface area contributed by atoms with Crippen LogP contribution >= 0.6 is 0 Å². The third kappa shape index (κ3) is 2.29. The van der Waals surface area contributed by atoms with E-state index >= 15 is 0 Å². The highest BCUT2D eigenvalue weighted by Gasteiger charge is 2.43. The van der Waals surface area contributed by atoms with Gasteiger partial charge in [-0.3, -0.25) is 4.90 Å². The maximum absolute atomic E-state index is 3.64. The van der Waals surface area contributed by atoms with Gasteiger partial charge < -0.3 is 5.32 Å². The molecule has 1 aliphatic carbocycles. The summed E-state index contributed by atoms with van der Waals surface area (Å²) in [4.78, 5) is 2.71. The highest BCUT2D eigenvalue weighted by molar-refractivity contribution is 5.01. The van der Waals surface area contributed by atoms with Crippen molar-refractivity contribution in [3.8, 4) is 0 Å². The molecular weight excluding hydrogens is 172 g/mol. The first kappa shape index (κ1) is 10.4. The smallest absolute Gasteiger partial charge is 0.0182 e. The fourth-order valence-corrected chi connectivity index (χ4v) is 2.47. The van der Waals surface area contributed by atoms with Gasteiger partial charge in [0.1, 0.15) is 0 Å². The normalized spacial score (nSPS) is 27.9. The molecule has 0 spiro atoms. The molecule has 0 aromatic heterocycles. The van der Waals surface area contributed by atoms with Crippen LogP contribution in [0.25, 0.3) is 0 Å². The lowest BCUT2D eigenvalue weighted by Gasteiger charge is -2.36. The molecule has 14 heavy (non-hydrogen) atoms. The van der Waals surface area contributed by atoms with E-state index in [4.69, 9.17) is 0 Å². The van der Waals surface area contributed by atoms with Crippen LogP contribution in [0.5, 0.6) is 0 Å². The van der Waals surface area contributed by atoms with Crippen LogP contribution in [0.1, 0.15) is 46.0 Å². The van der Waals surface area contributed by atoms with E-state index in [1.807, 2.05) is 0 Å². The molecule has 1 heterocycles. The summed E-state index contributed by atoms with van der Waals surface area (Å²) in [6, 6.07) is 0.800. The van der Waals surface area contributed by atoms with E-state index in [1.54, 1.807) is 0 Å². The van der Waals surface area contributed by atoms with Crippen molar-refractivity contribution < 1.29 is 0 Å². The molecule has 1 aliphatic heterocycles. The lowest BCUT2D eigenvalue weighted by atomic mass is 10.0. The average molecular weight is 196 g/mol. The summed E-state index contributed by atoms with van der Waals surface area (Å²) in [5.74, 6) is 0. The molecular formula is C12H24N2. The first-order valence-electron chi connectivity index (χ1n) is 6.23. The molecule has 82 valence electrons. The Morgan fingerprint density at radius 3 is 2.43 bits per heavy atom. The van der Waals surface area contributed by atoms with Crippen molar-refractivity contribution in [2.45, 2.75) is 57.5 Å². The Kier molecular flexibility index (Phi) is 3.13. The summed E-state index contributed by atoms with van der Waals surface area (Å²) in [6.45, 7) is 8.50. The van der Waals surface area contributed by atoms with Gasteiger partial charge >= 0.3 is 0 Å². The second-order valence-electron chi connectivity index (χ2n) is 5.21. The van der Waals surface area contributed by atoms with E-state index in [9.17, 15) is 0 Å². The Labute approximate surface area is 88.1 Å². The Bertz CT molecular complexity index is 179. The molecule has 0 atom stereocenters. The SMILES string of the molecule is CCCNC1CCN(C2(C)CC2)CC1. The van der Waals surface area contributed by atoms with Gasteiger partial charge in [0.05, 0.1) is 0 Å². The van der Waals surface area contributed by atoms with Gasteiger partial charge in [-0.1, -0.05) is 6.92 Å². The van der Waals surface area contributed by atoms with Crippen molar-refractivity contribution in [3.63, 3.8) is 0 Å². The maximum Gasteiger partial charge on any atom is 0.0182 e. The Morgan fingerprint density at radius 2 is 1.93 bits per heavy atom. The van der Waals surface area contributed by atoms with Gasteiger partial charge in [-0.2, -0.15) is 0 Å². The van der Waals surface area contributed by atoms with Crippen LogP contribution in [0.15, 0.2) is 0 Å². The molecule has 1 saturated heterocycles. The number of piperidine rings is 1. The van der Waals surface area contributed by atoms with Crippen LogP contribution in [-0.4, -0.2) is 36.1 Å². The van der Waals surface area contributed by atoms with Gasteiger partial charge in [-0.15, -0.1) is 0 Å². The van der Waals surface area contributed by atoms with E-state index in [0.717, 1.165) is 6.04 Å². The van der Waals surface area contributed by atoms with Crippen LogP contribution in [0.2, 0.25) is 0 Å². The first-order valence-corrected chi connectivity index (χ1v) is 6.23. The van der Waals surface area contributed by atoms with E-state index < -0.39 is 0 Å². The second-order valence-corrected chi connectivity index (χ2v) is 5.21. The van der Waals surface area contributed by atoms with Gasteiger partial charge in [-0.05, 0) is 45.6 Å². The van der Waals surface area contributed by atoms with Crippen molar-refractivity contribution >= 4 is 0 Å². The molecule has 2 rings (SSSR count). The van der Waals surface area contributed by atoms with Gasteiger partial charge in [0.25, 0.3) is 0 Å². The molecule has 0 aromatic carbocycles. The zero-order chi connectivity index (χ0) is 10.0. The van der Waals surface area contributed by atoms with Gasteiger partial charge in [-0.25, -0.2) is 0 Å². The van der Waals surface area contributed by atoms with Crippen molar-refractivity contribution in [2.24, 2.45) is 0 Å². The largest absolute Gasteiger partial charge is 0.314 e. The number of hydrogen-bond donors (Lipinski definition) is 1. The summed E-state index contributed by atoms with van der Waals surface area (Å²) in [5, 5.41) is 3.64. The number of hydrogen-bond acceptors (Lipinski definition) is 2. The van der Waals surface area contributed by atoms with Crippen LogP contribution in [-0.2, 0) is 0 Å². The number of likely N-dealkylation sites (tertiary alicyclic amines) is 1. The fraction of sp³-hybridized carbons (Fsp3) is 1.00. The molecule has 2 fully saturated rings. The number of nitrogens with zero attached hydrogens (tertiary/aromatic N) is 1. The third-order valence-electron chi connectivity index (χ3n) is 3.92. The average Bonchev–Trinajstić information content (AvgIpc) is 2.96. The fourth-order valence-electron chi connectivity index (χ4n) is 2.47. The summed E-state index contributed by atoms with van der Waals surface area (Å²) in [6.07, 6.45) is 6.84. The van der Waals surface area contributed by atoms with Crippen LogP contribution in [0, 0.1) is 0 Å². The minimum absolute atomic E-state index is 0.607. The van der Waals surface area contributed by atoms with E-state index in [1.165, 1.54) is 51.7 Å². The summed E-state index contributed by atoms with van der Waals surface area (Å²) < 4.78 is 0. The standard InChI is InChI=1S/C12H24N2/c1-3-8-13-11-4-9-14(10-5-11)12(2)6-7-12/h11,13H,3-10H2,1-2H3. The summed E-state index contributed by atoms with van der Waals surface area (Å²) >= 11 is 0. The topological polar surface area (TPSA) is 15.3 Å². The highest BCUT2D eigenvalue weighted by atomic mass is 15.2. The Balaban J connectivity index is 1.70. The van der Waals surface area contributed by atoms with E-state index in [0.29, 0.717) is 5.54 Å². The number of nitrogens with one attached hydrogen (secondary N) is 1. The zero-order valence-corrected chi connectivity index (χ0v) is 9.68. The molecule has 1 N–H and O–H groups in total. The minimum Gasteiger partial charge on any atom is -0.314 e. The molecule has 1 saturated carbocycles. The minimum atomic E-state index is 0.607. The quantitative estimate of drug-likeness (QED) is 0.740. The van der Waals surface area contributed by atoms with Gasteiger partial charge in [0.15, 0.2) is 0 Å². The molecule has 0 aromatic rings. The van der Waals surface area contributed by atoms with E-state index in [2.05, 4.69) is 24.1 Å². The monoisotopic (exact) mass is 196 g/mol. The predicted molar refractivity (Wildman–Crippen MR) is 60.5 cm³/mol. The first-order chi connectivity index (χ1) is 6.74. The second kappa shape index (κ2) is 4.19. The van der Waals surface area contributed by atoms with Crippen molar-refractivity contribution in [2.75, 3.05) is 19.6 Å². The third-order valence-corrected chi connectivity index (χ3v) is 3.92. The summed E-state index contributed by atoms with van der Waals surface area (Å²) in [7, 11) is 0. The molecule has 2 heteroatoms. The Morgan fingerprint density at radius 1 is 1.29 bits per heavy atom. The van der Waals surface area contributed by atoms with Crippen LogP contribution in [0.3, 0.4) is 0 Å². The van der Waals surface area contributed by atoms with Crippen molar-refractivity contribution in [1.29, 1.82) is 0 Å². The van der Waals surface area contributed by atoms with Crippen LogP contribution < -0.4 is 5.32 Å². The van der Waals surface area contributed by atoms with Crippen LogP contribution in [0.4, 0.5) is 0 Å². The summed E-state index contributed by atoms with van der Waals surface area (Å²) in [5.41, 5.74) is 0.607. The predicted octanol–water partition coefficient (Wildman–Crippen LogP) is 2.00.